The molecule has 0 fully saturated rings. The summed E-state index contributed by atoms with van der Waals surface area (Å²) in [7, 11) is 3.45. The Balaban J connectivity index is 1.36. The van der Waals surface area contributed by atoms with Gasteiger partial charge in [0.1, 0.15) is 12.4 Å². The van der Waals surface area contributed by atoms with Gasteiger partial charge < -0.3 is 19.2 Å². The van der Waals surface area contributed by atoms with Crippen LogP contribution in [0.1, 0.15) is 34.0 Å². The molecule has 168 valence electrons. The van der Waals surface area contributed by atoms with Crippen LogP contribution in [-0.2, 0) is 26.0 Å². The number of ether oxygens (including phenoxy) is 3. The Morgan fingerprint density at radius 2 is 1.85 bits per heavy atom. The molecule has 3 aromatic carbocycles. The minimum absolute atomic E-state index is 0.330. The van der Waals surface area contributed by atoms with Gasteiger partial charge in [-0.1, -0.05) is 30.3 Å². The molecule has 0 saturated carbocycles. The van der Waals surface area contributed by atoms with Crippen LogP contribution < -0.4 is 14.2 Å². The van der Waals surface area contributed by atoms with Gasteiger partial charge in [0, 0.05) is 35.7 Å². The van der Waals surface area contributed by atoms with Gasteiger partial charge >= 0.3 is 0 Å². The maximum atomic E-state index is 6.25. The summed E-state index contributed by atoms with van der Waals surface area (Å²) < 4.78 is 17.4. The van der Waals surface area contributed by atoms with Crippen molar-refractivity contribution in [1.29, 1.82) is 0 Å². The smallest absolute Gasteiger partial charge is 0.162 e. The molecular formula is C28H28N2O3. The van der Waals surface area contributed by atoms with Gasteiger partial charge in [-0.15, -0.1) is 0 Å². The van der Waals surface area contributed by atoms with E-state index in [1.807, 2.05) is 24.3 Å². The third-order valence-electron chi connectivity index (χ3n) is 7.09. The van der Waals surface area contributed by atoms with E-state index in [0.717, 1.165) is 48.7 Å². The van der Waals surface area contributed by atoms with E-state index in [1.165, 1.54) is 33.3 Å². The van der Waals surface area contributed by atoms with E-state index in [0.29, 0.717) is 12.6 Å². The first-order valence-corrected chi connectivity index (χ1v) is 11.5. The lowest BCUT2D eigenvalue weighted by Gasteiger charge is -2.40. The number of rotatable bonds is 5. The van der Waals surface area contributed by atoms with Crippen molar-refractivity contribution in [3.8, 4) is 17.2 Å². The van der Waals surface area contributed by atoms with E-state index in [4.69, 9.17) is 14.2 Å². The Morgan fingerprint density at radius 1 is 0.970 bits per heavy atom. The molecule has 0 spiro atoms. The summed E-state index contributed by atoms with van der Waals surface area (Å²) in [6.45, 7) is 2.50. The maximum absolute atomic E-state index is 6.25. The minimum Gasteiger partial charge on any atom is -0.497 e. The fourth-order valence-corrected chi connectivity index (χ4v) is 5.37. The average molecular weight is 441 g/mol. The predicted molar refractivity (Wildman–Crippen MR) is 129 cm³/mol. The number of nitrogens with one attached hydrogen (secondary N) is 1. The van der Waals surface area contributed by atoms with Crippen molar-refractivity contribution in [2.24, 2.45) is 0 Å². The average Bonchev–Trinajstić information content (AvgIpc) is 3.22. The molecule has 33 heavy (non-hydrogen) atoms. The molecule has 4 aromatic rings. The summed E-state index contributed by atoms with van der Waals surface area (Å²) in [5, 5.41) is 1.27. The van der Waals surface area contributed by atoms with Gasteiger partial charge in [-0.05, 0) is 65.4 Å². The van der Waals surface area contributed by atoms with Crippen LogP contribution >= 0.6 is 0 Å². The first kappa shape index (κ1) is 20.2. The number of benzene rings is 3. The summed E-state index contributed by atoms with van der Waals surface area (Å²) in [5.41, 5.74) is 7.78. The molecule has 1 N–H and O–H groups in total. The lowest BCUT2D eigenvalue weighted by Crippen LogP contribution is -2.39. The number of methoxy groups -OCH3 is 2. The first-order valence-electron chi connectivity index (χ1n) is 11.5. The molecule has 0 bridgehead atoms. The molecule has 0 unspecified atom stereocenters. The van der Waals surface area contributed by atoms with Crippen LogP contribution in [0.2, 0.25) is 0 Å². The number of fused-ring (bicyclic) bond motifs is 6. The second kappa shape index (κ2) is 8.16. The molecule has 0 radical (unpaired) electrons. The first-order chi connectivity index (χ1) is 16.2. The third-order valence-corrected chi connectivity index (χ3v) is 7.09. The summed E-state index contributed by atoms with van der Waals surface area (Å²) in [4.78, 5) is 6.24. The highest BCUT2D eigenvalue weighted by Crippen LogP contribution is 2.44. The fourth-order valence-electron chi connectivity index (χ4n) is 5.37. The van der Waals surface area contributed by atoms with Crippen molar-refractivity contribution in [1.82, 2.24) is 9.88 Å². The quantitative estimate of drug-likeness (QED) is 0.450. The summed E-state index contributed by atoms with van der Waals surface area (Å²) in [6.07, 6.45) is 1.99. The standard InChI is InChI=1S/C28H28N2O3/c1-31-20-8-9-24-22(13-20)23-14-26-21-15-28(33-17-18-6-4-3-5-7-18)27(32-2)12-19(21)10-11-30(26)16-25(23)29-24/h3-9,12-13,15,26,29H,10-11,14,16-17H2,1-2H3/t26-/m0/s1. The van der Waals surface area contributed by atoms with Crippen LogP contribution in [0.3, 0.4) is 0 Å². The van der Waals surface area contributed by atoms with Gasteiger partial charge in [0.05, 0.1) is 14.2 Å². The molecule has 2 aliphatic heterocycles. The monoisotopic (exact) mass is 440 g/mol. The summed E-state index contributed by atoms with van der Waals surface area (Å²) in [5.74, 6) is 2.52. The SMILES string of the molecule is COc1ccc2[nH]c3c(c2c1)C[C@H]1c2cc(OCc4ccccc4)c(OC)cc2CCN1C3. The molecule has 1 atom stereocenters. The molecule has 6 rings (SSSR count). The molecule has 0 amide bonds. The maximum Gasteiger partial charge on any atom is 0.162 e. The van der Waals surface area contributed by atoms with Crippen LogP contribution in [0, 0.1) is 0 Å². The van der Waals surface area contributed by atoms with E-state index in [9.17, 15) is 0 Å². The number of hydrogen-bond acceptors (Lipinski definition) is 4. The predicted octanol–water partition coefficient (Wildman–Crippen LogP) is 5.42. The lowest BCUT2D eigenvalue weighted by atomic mass is 9.85. The van der Waals surface area contributed by atoms with Gasteiger partial charge in [0.15, 0.2) is 11.5 Å². The third kappa shape index (κ3) is 3.53. The van der Waals surface area contributed by atoms with Gasteiger partial charge in [0.2, 0.25) is 0 Å². The fraction of sp³-hybridized carbons (Fsp3) is 0.286. The number of H-pyrrole nitrogens is 1. The molecule has 5 heteroatoms. The van der Waals surface area contributed by atoms with Crippen LogP contribution in [0.15, 0.2) is 60.7 Å². The molecule has 5 nitrogen and oxygen atoms in total. The van der Waals surface area contributed by atoms with Crippen LogP contribution in [-0.4, -0.2) is 30.6 Å². The highest BCUT2D eigenvalue weighted by atomic mass is 16.5. The normalized spacial score (nSPS) is 17.2. The number of aromatic nitrogens is 1. The Morgan fingerprint density at radius 3 is 2.67 bits per heavy atom. The van der Waals surface area contributed by atoms with Gasteiger partial charge in [-0.2, -0.15) is 0 Å². The van der Waals surface area contributed by atoms with Crippen molar-refractivity contribution < 1.29 is 14.2 Å². The van der Waals surface area contributed by atoms with Crippen molar-refractivity contribution in [2.45, 2.75) is 32.0 Å². The van der Waals surface area contributed by atoms with Crippen molar-refractivity contribution in [3.05, 3.63) is 88.6 Å². The van der Waals surface area contributed by atoms with Crippen LogP contribution in [0.25, 0.3) is 10.9 Å². The Hall–Kier alpha value is -3.44. The van der Waals surface area contributed by atoms with Crippen LogP contribution in [0.4, 0.5) is 0 Å². The topological polar surface area (TPSA) is 46.7 Å². The summed E-state index contributed by atoms with van der Waals surface area (Å²) in [6, 6.07) is 21.3. The molecule has 3 heterocycles. The number of hydrogen-bond donors (Lipinski definition) is 1. The van der Waals surface area contributed by atoms with Crippen molar-refractivity contribution >= 4 is 10.9 Å². The van der Waals surface area contributed by atoms with E-state index >= 15 is 0 Å². The van der Waals surface area contributed by atoms with E-state index < -0.39 is 0 Å². The second-order valence-corrected chi connectivity index (χ2v) is 8.91. The highest BCUT2D eigenvalue weighted by molar-refractivity contribution is 5.86. The molecule has 0 saturated heterocycles. The van der Waals surface area contributed by atoms with Gasteiger partial charge in [0.25, 0.3) is 0 Å². The van der Waals surface area contributed by atoms with Gasteiger partial charge in [-0.25, -0.2) is 0 Å². The minimum atomic E-state index is 0.330. The van der Waals surface area contributed by atoms with E-state index in [-0.39, 0.29) is 0 Å². The van der Waals surface area contributed by atoms with Gasteiger partial charge in [-0.3, -0.25) is 4.90 Å². The Kier molecular flexibility index (Phi) is 4.99. The number of nitrogens with zero attached hydrogens (tertiary/aromatic N) is 1. The van der Waals surface area contributed by atoms with Crippen molar-refractivity contribution in [2.75, 3.05) is 20.8 Å². The molecular weight excluding hydrogens is 412 g/mol. The summed E-state index contributed by atoms with van der Waals surface area (Å²) >= 11 is 0. The number of aromatic amines is 1. The Bertz CT molecular complexity index is 1310. The highest BCUT2D eigenvalue weighted by Gasteiger charge is 2.34. The second-order valence-electron chi connectivity index (χ2n) is 8.91. The van der Waals surface area contributed by atoms with E-state index in [1.54, 1.807) is 14.2 Å². The zero-order chi connectivity index (χ0) is 22.4. The molecule has 2 aliphatic rings. The molecule has 1 aromatic heterocycles. The van der Waals surface area contributed by atoms with Crippen LogP contribution in [0.5, 0.6) is 17.2 Å². The largest absolute Gasteiger partial charge is 0.497 e. The zero-order valence-electron chi connectivity index (χ0n) is 19.1. The zero-order valence-corrected chi connectivity index (χ0v) is 19.1. The Labute approximate surface area is 193 Å². The van der Waals surface area contributed by atoms with Crippen molar-refractivity contribution in [3.63, 3.8) is 0 Å². The van der Waals surface area contributed by atoms with E-state index in [2.05, 4.69) is 46.3 Å². The molecule has 0 aliphatic carbocycles. The lowest BCUT2D eigenvalue weighted by molar-refractivity contribution is 0.158.